The van der Waals surface area contributed by atoms with Gasteiger partial charge in [0, 0.05) is 48.9 Å². The van der Waals surface area contributed by atoms with E-state index in [2.05, 4.69) is 10.2 Å². The van der Waals surface area contributed by atoms with Gasteiger partial charge >= 0.3 is 0 Å². The molecule has 0 saturated carbocycles. The Bertz CT molecular complexity index is 397. The van der Waals surface area contributed by atoms with Crippen molar-refractivity contribution in [3.05, 3.63) is 29.8 Å². The summed E-state index contributed by atoms with van der Waals surface area (Å²) in [5.41, 5.74) is 6.93. The van der Waals surface area contributed by atoms with Crippen LogP contribution in [0, 0.1) is 0 Å². The number of amides is 1. The average molecular weight is 338 g/mol. The van der Waals surface area contributed by atoms with Gasteiger partial charge in [-0.05, 0) is 24.3 Å². The number of nitrogens with two attached hydrogens (primary N) is 1. The summed E-state index contributed by atoms with van der Waals surface area (Å²) >= 11 is 2.00. The van der Waals surface area contributed by atoms with Gasteiger partial charge < -0.3 is 11.1 Å². The molecule has 114 valence electrons. The van der Waals surface area contributed by atoms with Crippen molar-refractivity contribution >= 4 is 48.2 Å². The molecule has 1 aliphatic rings. The number of hydrogen-bond acceptors (Lipinski definition) is 4. The summed E-state index contributed by atoms with van der Waals surface area (Å²) in [4.78, 5) is 14.2. The van der Waals surface area contributed by atoms with Gasteiger partial charge in [0.1, 0.15) is 0 Å². The number of nitrogen functional groups attached to an aromatic ring is 1. The lowest BCUT2D eigenvalue weighted by atomic mass is 10.2. The summed E-state index contributed by atoms with van der Waals surface area (Å²) in [7, 11) is 0. The zero-order valence-electron chi connectivity index (χ0n) is 11.2. The summed E-state index contributed by atoms with van der Waals surface area (Å²) in [5.74, 6) is 2.37. The van der Waals surface area contributed by atoms with Crippen LogP contribution in [0.1, 0.15) is 10.4 Å². The Labute approximate surface area is 136 Å². The molecule has 7 heteroatoms. The number of carbonyl (C=O) groups is 1. The van der Waals surface area contributed by atoms with Crippen LogP contribution in [0.2, 0.25) is 0 Å². The minimum Gasteiger partial charge on any atom is -0.399 e. The molecule has 0 spiro atoms. The molecule has 1 aromatic rings. The van der Waals surface area contributed by atoms with E-state index < -0.39 is 0 Å². The highest BCUT2D eigenvalue weighted by molar-refractivity contribution is 7.99. The Morgan fingerprint density at radius 3 is 2.40 bits per heavy atom. The largest absolute Gasteiger partial charge is 0.399 e. The van der Waals surface area contributed by atoms with Crippen molar-refractivity contribution in [2.24, 2.45) is 0 Å². The topological polar surface area (TPSA) is 58.4 Å². The molecule has 1 amide bonds. The van der Waals surface area contributed by atoms with Crippen LogP contribution >= 0.6 is 36.6 Å². The molecule has 0 unspecified atom stereocenters. The minimum absolute atomic E-state index is 0. The molecule has 0 aliphatic carbocycles. The van der Waals surface area contributed by atoms with Crippen LogP contribution in [0.5, 0.6) is 0 Å². The van der Waals surface area contributed by atoms with Gasteiger partial charge in [-0.2, -0.15) is 11.8 Å². The second kappa shape index (κ2) is 10.2. The second-order valence-corrected chi connectivity index (χ2v) is 5.56. The number of carbonyl (C=O) groups excluding carboxylic acids is 1. The first-order valence-electron chi connectivity index (χ1n) is 6.19. The van der Waals surface area contributed by atoms with Crippen LogP contribution in [-0.2, 0) is 0 Å². The van der Waals surface area contributed by atoms with E-state index in [4.69, 9.17) is 5.73 Å². The third kappa shape index (κ3) is 6.22. The minimum atomic E-state index is -0.0265. The van der Waals surface area contributed by atoms with Crippen molar-refractivity contribution in [3.8, 4) is 0 Å². The number of anilines is 1. The van der Waals surface area contributed by atoms with Gasteiger partial charge in [0.15, 0.2) is 0 Å². The van der Waals surface area contributed by atoms with Crippen LogP contribution in [0.25, 0.3) is 0 Å². The molecular formula is C13H21Cl2N3OS. The van der Waals surface area contributed by atoms with Crippen LogP contribution < -0.4 is 11.1 Å². The fourth-order valence-corrected chi connectivity index (χ4v) is 2.87. The second-order valence-electron chi connectivity index (χ2n) is 4.33. The third-order valence-electron chi connectivity index (χ3n) is 2.99. The Balaban J connectivity index is 0.00000180. The molecule has 1 fully saturated rings. The molecule has 2 rings (SSSR count). The van der Waals surface area contributed by atoms with E-state index in [1.54, 1.807) is 24.3 Å². The molecule has 0 atom stereocenters. The van der Waals surface area contributed by atoms with E-state index >= 15 is 0 Å². The summed E-state index contributed by atoms with van der Waals surface area (Å²) in [5, 5.41) is 2.94. The summed E-state index contributed by atoms with van der Waals surface area (Å²) in [6.45, 7) is 3.89. The van der Waals surface area contributed by atoms with Gasteiger partial charge in [0.2, 0.25) is 0 Å². The van der Waals surface area contributed by atoms with E-state index in [0.717, 1.165) is 19.6 Å². The Morgan fingerprint density at radius 1 is 1.20 bits per heavy atom. The Kier molecular flexibility index (Phi) is 9.84. The van der Waals surface area contributed by atoms with Crippen molar-refractivity contribution in [1.29, 1.82) is 0 Å². The van der Waals surface area contributed by atoms with E-state index in [9.17, 15) is 4.79 Å². The quantitative estimate of drug-likeness (QED) is 0.824. The fourth-order valence-electron chi connectivity index (χ4n) is 1.89. The number of benzene rings is 1. The molecule has 0 bridgehead atoms. The molecule has 20 heavy (non-hydrogen) atoms. The average Bonchev–Trinajstić information content (AvgIpc) is 2.40. The molecule has 3 N–H and O–H groups in total. The number of nitrogens with zero attached hydrogens (tertiary/aromatic N) is 1. The Hall–Kier alpha value is -0.620. The molecule has 1 aliphatic heterocycles. The molecular weight excluding hydrogens is 317 g/mol. The smallest absolute Gasteiger partial charge is 0.251 e. The van der Waals surface area contributed by atoms with Crippen LogP contribution in [-0.4, -0.2) is 48.5 Å². The normalized spacial score (nSPS) is 14.8. The zero-order valence-corrected chi connectivity index (χ0v) is 13.7. The van der Waals surface area contributed by atoms with Gasteiger partial charge in [-0.15, -0.1) is 24.8 Å². The highest BCUT2D eigenvalue weighted by atomic mass is 35.5. The molecule has 0 aromatic heterocycles. The van der Waals surface area contributed by atoms with Gasteiger partial charge in [0.05, 0.1) is 0 Å². The number of thioether (sulfide) groups is 1. The predicted molar refractivity (Wildman–Crippen MR) is 91.4 cm³/mol. The van der Waals surface area contributed by atoms with Crippen molar-refractivity contribution < 1.29 is 4.79 Å². The summed E-state index contributed by atoms with van der Waals surface area (Å²) < 4.78 is 0. The van der Waals surface area contributed by atoms with Gasteiger partial charge in [-0.25, -0.2) is 0 Å². The maximum absolute atomic E-state index is 11.8. The first-order chi connectivity index (χ1) is 8.75. The molecule has 4 nitrogen and oxygen atoms in total. The van der Waals surface area contributed by atoms with Crippen LogP contribution in [0.4, 0.5) is 5.69 Å². The fraction of sp³-hybridized carbons (Fsp3) is 0.462. The number of hydrogen-bond donors (Lipinski definition) is 2. The lowest BCUT2D eigenvalue weighted by Gasteiger charge is -2.25. The maximum atomic E-state index is 11.8. The number of nitrogens with one attached hydrogen (secondary N) is 1. The molecule has 1 heterocycles. The monoisotopic (exact) mass is 337 g/mol. The lowest BCUT2D eigenvalue weighted by Crippen LogP contribution is -2.39. The van der Waals surface area contributed by atoms with Gasteiger partial charge in [-0.3, -0.25) is 9.69 Å². The number of rotatable bonds is 4. The SMILES string of the molecule is Cl.Cl.Nc1ccc(C(=O)NCCN2CCSCC2)cc1. The zero-order chi connectivity index (χ0) is 12.8. The lowest BCUT2D eigenvalue weighted by molar-refractivity contribution is 0.0949. The number of halogens is 2. The first-order valence-corrected chi connectivity index (χ1v) is 7.35. The molecule has 1 saturated heterocycles. The van der Waals surface area contributed by atoms with Crippen molar-refractivity contribution in [3.63, 3.8) is 0 Å². The van der Waals surface area contributed by atoms with Crippen LogP contribution in [0.15, 0.2) is 24.3 Å². The summed E-state index contributed by atoms with van der Waals surface area (Å²) in [6.07, 6.45) is 0. The third-order valence-corrected chi connectivity index (χ3v) is 3.93. The maximum Gasteiger partial charge on any atom is 0.251 e. The molecule has 1 aromatic carbocycles. The van der Waals surface area contributed by atoms with E-state index in [1.165, 1.54) is 11.5 Å². The molecule has 0 radical (unpaired) electrons. The Morgan fingerprint density at radius 2 is 1.80 bits per heavy atom. The summed E-state index contributed by atoms with van der Waals surface area (Å²) in [6, 6.07) is 7.00. The van der Waals surface area contributed by atoms with Crippen molar-refractivity contribution in [2.75, 3.05) is 43.4 Å². The van der Waals surface area contributed by atoms with Crippen molar-refractivity contribution in [2.45, 2.75) is 0 Å². The highest BCUT2D eigenvalue weighted by Gasteiger charge is 2.10. The van der Waals surface area contributed by atoms with E-state index in [-0.39, 0.29) is 30.7 Å². The van der Waals surface area contributed by atoms with Crippen molar-refractivity contribution in [1.82, 2.24) is 10.2 Å². The van der Waals surface area contributed by atoms with Gasteiger partial charge in [-0.1, -0.05) is 0 Å². The van der Waals surface area contributed by atoms with E-state index in [0.29, 0.717) is 17.8 Å². The van der Waals surface area contributed by atoms with Crippen LogP contribution in [0.3, 0.4) is 0 Å². The van der Waals surface area contributed by atoms with Gasteiger partial charge in [0.25, 0.3) is 5.91 Å². The highest BCUT2D eigenvalue weighted by Crippen LogP contribution is 2.08. The predicted octanol–water partition coefficient (Wildman–Crippen LogP) is 1.89. The van der Waals surface area contributed by atoms with E-state index in [1.807, 2.05) is 11.8 Å². The first kappa shape index (κ1) is 19.4. The standard InChI is InChI=1S/C13H19N3OS.2ClH/c14-12-3-1-11(2-4-12)13(17)15-5-6-16-7-9-18-10-8-16;;/h1-4H,5-10,14H2,(H,15,17);2*1H.